The van der Waals surface area contributed by atoms with Crippen LogP contribution in [0.15, 0.2) is 42.5 Å². The lowest BCUT2D eigenvalue weighted by Crippen LogP contribution is -2.36. The molecule has 0 aliphatic rings. The van der Waals surface area contributed by atoms with Gasteiger partial charge in [-0.25, -0.2) is 9.37 Å². The molecule has 3 rings (SSSR count). The molecule has 0 bridgehead atoms. The van der Waals surface area contributed by atoms with E-state index in [2.05, 4.69) is 10.3 Å². The third kappa shape index (κ3) is 3.60. The zero-order chi connectivity index (χ0) is 18.8. The summed E-state index contributed by atoms with van der Waals surface area (Å²) in [4.78, 5) is 19.0. The Morgan fingerprint density at radius 1 is 1.27 bits per heavy atom. The Labute approximate surface area is 152 Å². The van der Waals surface area contributed by atoms with E-state index in [0.717, 1.165) is 22.4 Å². The summed E-state index contributed by atoms with van der Waals surface area (Å²) in [6.07, 6.45) is 0. The fourth-order valence-corrected chi connectivity index (χ4v) is 3.12. The lowest BCUT2D eigenvalue weighted by molar-refractivity contribution is -0.125. The molecule has 26 heavy (non-hydrogen) atoms. The maximum atomic E-state index is 13.5. The van der Waals surface area contributed by atoms with Gasteiger partial charge in [0.25, 0.3) is 0 Å². The first kappa shape index (κ1) is 18.1. The highest BCUT2D eigenvalue weighted by molar-refractivity contribution is 5.83. The summed E-state index contributed by atoms with van der Waals surface area (Å²) < 4.78 is 15.6. The van der Waals surface area contributed by atoms with Crippen molar-refractivity contribution in [3.05, 3.63) is 65.2 Å². The molecule has 1 N–H and O–H groups in total. The number of nitrogens with zero attached hydrogens (tertiary/aromatic N) is 3. The molecule has 5 nitrogen and oxygen atoms in total. The topological polar surface area (TPSA) is 50.2 Å². The molecule has 3 aromatic rings. The Bertz CT molecular complexity index is 948. The van der Waals surface area contributed by atoms with Crippen molar-refractivity contribution in [2.75, 3.05) is 14.1 Å². The van der Waals surface area contributed by atoms with E-state index in [1.54, 1.807) is 31.1 Å². The summed E-state index contributed by atoms with van der Waals surface area (Å²) in [5, 5.41) is 2.95. The van der Waals surface area contributed by atoms with E-state index >= 15 is 0 Å². The molecule has 0 aliphatic heterocycles. The SMILES string of the molecule is Cc1nc2cc(CNC(=O)[C@H](c3cccc(F)c3)N(C)C)ccc2n1C. The number of carbonyl (C=O) groups is 1. The molecule has 0 unspecified atom stereocenters. The van der Waals surface area contributed by atoms with E-state index in [1.165, 1.54) is 12.1 Å². The van der Waals surface area contributed by atoms with Gasteiger partial charge in [0.2, 0.25) is 5.91 Å². The zero-order valence-corrected chi connectivity index (χ0v) is 15.5. The lowest BCUT2D eigenvalue weighted by atomic mass is 10.0. The van der Waals surface area contributed by atoms with Gasteiger partial charge in [0.15, 0.2) is 0 Å². The summed E-state index contributed by atoms with van der Waals surface area (Å²) in [6.45, 7) is 2.35. The van der Waals surface area contributed by atoms with Crippen LogP contribution in [0.1, 0.15) is 23.0 Å². The van der Waals surface area contributed by atoms with Crippen LogP contribution in [0.3, 0.4) is 0 Å². The van der Waals surface area contributed by atoms with Crippen LogP contribution in [0.2, 0.25) is 0 Å². The minimum Gasteiger partial charge on any atom is -0.350 e. The van der Waals surface area contributed by atoms with Crippen LogP contribution in [-0.2, 0) is 18.4 Å². The average molecular weight is 354 g/mol. The van der Waals surface area contributed by atoms with E-state index in [9.17, 15) is 9.18 Å². The number of aromatic nitrogens is 2. The molecular formula is C20H23FN4O. The van der Waals surface area contributed by atoms with Crippen molar-refractivity contribution in [2.45, 2.75) is 19.5 Å². The number of amides is 1. The van der Waals surface area contributed by atoms with Crippen LogP contribution >= 0.6 is 0 Å². The summed E-state index contributed by atoms with van der Waals surface area (Å²) >= 11 is 0. The number of likely N-dealkylation sites (N-methyl/N-ethyl adjacent to an activating group) is 1. The smallest absolute Gasteiger partial charge is 0.242 e. The van der Waals surface area contributed by atoms with E-state index in [1.807, 2.05) is 36.7 Å². The molecule has 1 heterocycles. The van der Waals surface area contributed by atoms with Crippen molar-refractivity contribution >= 4 is 16.9 Å². The third-order valence-corrected chi connectivity index (χ3v) is 4.56. The molecule has 0 saturated carbocycles. The number of nitrogens with one attached hydrogen (secondary N) is 1. The van der Waals surface area contributed by atoms with Crippen LogP contribution in [-0.4, -0.2) is 34.5 Å². The number of carbonyl (C=O) groups excluding carboxylic acids is 1. The Morgan fingerprint density at radius 3 is 2.73 bits per heavy atom. The number of imidazole rings is 1. The van der Waals surface area contributed by atoms with Gasteiger partial charge < -0.3 is 9.88 Å². The van der Waals surface area contributed by atoms with Gasteiger partial charge in [0.1, 0.15) is 17.7 Å². The standard InChI is InChI=1S/C20H23FN4O/c1-13-23-17-10-14(8-9-18(17)25(13)4)12-22-20(26)19(24(2)3)15-6-5-7-16(21)11-15/h5-11,19H,12H2,1-4H3,(H,22,26)/t19-/m0/s1. The first-order valence-corrected chi connectivity index (χ1v) is 8.48. The van der Waals surface area contributed by atoms with Gasteiger partial charge in [-0.15, -0.1) is 0 Å². The number of halogens is 1. The maximum Gasteiger partial charge on any atom is 0.242 e. The van der Waals surface area contributed by atoms with Crippen LogP contribution in [0.5, 0.6) is 0 Å². The molecule has 6 heteroatoms. The largest absolute Gasteiger partial charge is 0.350 e. The van der Waals surface area contributed by atoms with Gasteiger partial charge in [-0.3, -0.25) is 9.69 Å². The Kier molecular flexibility index (Phi) is 5.04. The second-order valence-corrected chi connectivity index (χ2v) is 6.68. The Balaban J connectivity index is 1.76. The second kappa shape index (κ2) is 7.25. The third-order valence-electron chi connectivity index (χ3n) is 4.56. The van der Waals surface area contributed by atoms with Gasteiger partial charge in [-0.05, 0) is 56.4 Å². The van der Waals surface area contributed by atoms with E-state index in [-0.39, 0.29) is 11.7 Å². The molecule has 1 aromatic heterocycles. The predicted octanol–water partition coefficient (Wildman–Crippen LogP) is 2.94. The molecule has 1 atom stereocenters. The molecule has 0 radical (unpaired) electrons. The number of benzene rings is 2. The van der Waals surface area contributed by atoms with Gasteiger partial charge >= 0.3 is 0 Å². The van der Waals surface area contributed by atoms with Crippen LogP contribution < -0.4 is 5.32 Å². The molecular weight excluding hydrogens is 331 g/mol. The first-order valence-electron chi connectivity index (χ1n) is 8.48. The number of rotatable bonds is 5. The Morgan fingerprint density at radius 2 is 2.04 bits per heavy atom. The van der Waals surface area contributed by atoms with Crippen molar-refractivity contribution < 1.29 is 9.18 Å². The van der Waals surface area contributed by atoms with Crippen molar-refractivity contribution in [1.82, 2.24) is 19.8 Å². The van der Waals surface area contributed by atoms with Crippen LogP contribution in [0.4, 0.5) is 4.39 Å². The quantitative estimate of drug-likeness (QED) is 0.766. The van der Waals surface area contributed by atoms with Gasteiger partial charge in [-0.1, -0.05) is 18.2 Å². The fraction of sp³-hybridized carbons (Fsp3) is 0.300. The Hall–Kier alpha value is -2.73. The van der Waals surface area contributed by atoms with Gasteiger partial charge in [0, 0.05) is 13.6 Å². The van der Waals surface area contributed by atoms with Crippen LogP contribution in [0, 0.1) is 12.7 Å². The first-order chi connectivity index (χ1) is 12.4. The predicted molar refractivity (Wildman–Crippen MR) is 100 cm³/mol. The molecule has 2 aromatic carbocycles. The molecule has 0 aliphatic carbocycles. The highest BCUT2D eigenvalue weighted by Crippen LogP contribution is 2.20. The molecule has 0 spiro atoms. The van der Waals surface area contributed by atoms with E-state index in [0.29, 0.717) is 12.1 Å². The minimum atomic E-state index is -0.550. The van der Waals surface area contributed by atoms with Crippen molar-refractivity contribution in [3.8, 4) is 0 Å². The van der Waals surface area contributed by atoms with Gasteiger partial charge in [-0.2, -0.15) is 0 Å². The maximum absolute atomic E-state index is 13.5. The molecule has 0 saturated heterocycles. The van der Waals surface area contributed by atoms with E-state index in [4.69, 9.17) is 0 Å². The minimum absolute atomic E-state index is 0.169. The summed E-state index contributed by atoms with van der Waals surface area (Å²) in [5.41, 5.74) is 3.57. The second-order valence-electron chi connectivity index (χ2n) is 6.68. The normalized spacial score (nSPS) is 12.5. The number of hydrogen-bond donors (Lipinski definition) is 1. The van der Waals surface area contributed by atoms with Crippen molar-refractivity contribution in [3.63, 3.8) is 0 Å². The summed E-state index contributed by atoms with van der Waals surface area (Å²) in [6, 6.07) is 11.6. The van der Waals surface area contributed by atoms with Crippen LogP contribution in [0.25, 0.3) is 11.0 Å². The highest BCUT2D eigenvalue weighted by Gasteiger charge is 2.23. The zero-order valence-electron chi connectivity index (χ0n) is 15.5. The molecule has 0 fully saturated rings. The number of hydrogen-bond acceptors (Lipinski definition) is 3. The van der Waals surface area contributed by atoms with E-state index < -0.39 is 6.04 Å². The highest BCUT2D eigenvalue weighted by atomic mass is 19.1. The number of aryl methyl sites for hydroxylation is 2. The van der Waals surface area contributed by atoms with Gasteiger partial charge in [0.05, 0.1) is 11.0 Å². The molecule has 136 valence electrons. The fourth-order valence-electron chi connectivity index (χ4n) is 3.12. The summed E-state index contributed by atoms with van der Waals surface area (Å²) in [7, 11) is 5.59. The lowest BCUT2D eigenvalue weighted by Gasteiger charge is -2.24. The van der Waals surface area contributed by atoms with Crippen molar-refractivity contribution in [2.24, 2.45) is 7.05 Å². The summed E-state index contributed by atoms with van der Waals surface area (Å²) in [5.74, 6) is 0.427. The average Bonchev–Trinajstić information content (AvgIpc) is 2.87. The number of fused-ring (bicyclic) bond motifs is 1. The van der Waals surface area contributed by atoms with Crippen molar-refractivity contribution in [1.29, 1.82) is 0 Å². The molecule has 1 amide bonds. The monoisotopic (exact) mass is 354 g/mol.